The van der Waals surface area contributed by atoms with Gasteiger partial charge in [-0.2, -0.15) is 0 Å². The van der Waals surface area contributed by atoms with Crippen molar-refractivity contribution in [3.8, 4) is 11.5 Å². The van der Waals surface area contributed by atoms with Crippen LogP contribution in [0.2, 0.25) is 0 Å². The first-order valence-corrected chi connectivity index (χ1v) is 10.1. The Hall–Kier alpha value is -2.99. The molecule has 0 spiro atoms. The number of carbonyl (C=O) groups excluding carboxylic acids is 1. The van der Waals surface area contributed by atoms with Crippen LogP contribution >= 0.6 is 11.8 Å². The molecule has 0 N–H and O–H groups in total. The first kappa shape index (κ1) is 20.7. The van der Waals surface area contributed by atoms with E-state index in [4.69, 9.17) is 9.47 Å². The summed E-state index contributed by atoms with van der Waals surface area (Å²) in [4.78, 5) is 19.9. The summed E-state index contributed by atoms with van der Waals surface area (Å²) < 4.78 is 11.0. The molecule has 5 nitrogen and oxygen atoms in total. The number of para-hydroxylation sites is 1. The van der Waals surface area contributed by atoms with Crippen molar-refractivity contribution in [2.45, 2.75) is 13.3 Å². The van der Waals surface area contributed by atoms with Gasteiger partial charge in [-0.15, -0.1) is 6.58 Å². The number of thioether (sulfide) groups is 1. The number of likely N-dealkylation sites (N-methyl/N-ethyl adjacent to an activating group) is 1. The highest BCUT2D eigenvalue weighted by atomic mass is 32.2. The molecule has 1 fully saturated rings. The molecule has 0 atom stereocenters. The molecule has 3 rings (SSSR count). The van der Waals surface area contributed by atoms with Crippen LogP contribution in [0.25, 0.3) is 6.08 Å². The molecule has 1 heterocycles. The minimum absolute atomic E-state index is 0.0489. The number of amidine groups is 1. The Morgan fingerprint density at radius 2 is 1.93 bits per heavy atom. The van der Waals surface area contributed by atoms with E-state index in [9.17, 15) is 4.79 Å². The van der Waals surface area contributed by atoms with Gasteiger partial charge in [0.2, 0.25) is 0 Å². The highest BCUT2D eigenvalue weighted by molar-refractivity contribution is 8.18. The fourth-order valence-electron chi connectivity index (χ4n) is 3.09. The molecule has 2 aromatic rings. The number of methoxy groups -OCH3 is 2. The van der Waals surface area contributed by atoms with Crippen molar-refractivity contribution < 1.29 is 14.3 Å². The summed E-state index contributed by atoms with van der Waals surface area (Å²) in [5.41, 5.74) is 2.64. The van der Waals surface area contributed by atoms with Gasteiger partial charge in [-0.25, -0.2) is 4.99 Å². The number of hydrogen-bond acceptors (Lipinski definition) is 5. The molecule has 6 heteroatoms. The summed E-state index contributed by atoms with van der Waals surface area (Å²) in [5, 5.41) is 0.682. The SMILES string of the molecule is C=CCc1cc(/C=C2/SC(=Nc3ccccc3)N(CC)C2=O)cc(OC)c1OC. The second kappa shape index (κ2) is 9.47. The average molecular weight is 409 g/mol. The number of benzene rings is 2. The summed E-state index contributed by atoms with van der Waals surface area (Å²) in [5.74, 6) is 1.26. The first-order chi connectivity index (χ1) is 14.1. The summed E-state index contributed by atoms with van der Waals surface area (Å²) >= 11 is 1.38. The summed E-state index contributed by atoms with van der Waals surface area (Å²) in [6, 6.07) is 13.5. The van der Waals surface area contributed by atoms with E-state index in [2.05, 4.69) is 11.6 Å². The van der Waals surface area contributed by atoms with Crippen LogP contribution in [0, 0.1) is 0 Å². The summed E-state index contributed by atoms with van der Waals surface area (Å²) in [6.07, 6.45) is 4.32. The zero-order valence-corrected chi connectivity index (χ0v) is 17.7. The van der Waals surface area contributed by atoms with Crippen LogP contribution in [0.4, 0.5) is 5.69 Å². The molecule has 0 aromatic heterocycles. The van der Waals surface area contributed by atoms with Crippen molar-refractivity contribution in [3.05, 3.63) is 71.2 Å². The third kappa shape index (κ3) is 4.54. The summed E-state index contributed by atoms with van der Waals surface area (Å²) in [7, 11) is 3.22. The van der Waals surface area contributed by atoms with Crippen molar-refractivity contribution in [1.29, 1.82) is 0 Å². The number of nitrogens with zero attached hydrogens (tertiary/aromatic N) is 2. The normalized spacial score (nSPS) is 16.5. The molecule has 1 aliphatic heterocycles. The van der Waals surface area contributed by atoms with E-state index in [1.165, 1.54) is 11.8 Å². The highest BCUT2D eigenvalue weighted by Crippen LogP contribution is 2.37. The molecule has 1 saturated heterocycles. The lowest BCUT2D eigenvalue weighted by Gasteiger charge is -2.13. The third-order valence-corrected chi connectivity index (χ3v) is 5.43. The van der Waals surface area contributed by atoms with E-state index in [-0.39, 0.29) is 5.91 Å². The van der Waals surface area contributed by atoms with Gasteiger partial charge in [0.15, 0.2) is 16.7 Å². The number of carbonyl (C=O) groups is 1. The lowest BCUT2D eigenvalue weighted by atomic mass is 10.0. The van der Waals surface area contributed by atoms with E-state index < -0.39 is 0 Å². The fourth-order valence-corrected chi connectivity index (χ4v) is 4.15. The second-order valence-electron chi connectivity index (χ2n) is 6.30. The number of ether oxygens (including phenoxy) is 2. The van der Waals surface area contributed by atoms with Gasteiger partial charge in [0, 0.05) is 12.1 Å². The minimum atomic E-state index is -0.0489. The molecule has 1 amide bonds. The number of allylic oxidation sites excluding steroid dienone is 1. The van der Waals surface area contributed by atoms with Gasteiger partial charge in [0.25, 0.3) is 5.91 Å². The van der Waals surface area contributed by atoms with Gasteiger partial charge in [0.05, 0.1) is 24.8 Å². The lowest BCUT2D eigenvalue weighted by molar-refractivity contribution is -0.122. The van der Waals surface area contributed by atoms with Crippen LogP contribution < -0.4 is 9.47 Å². The molecule has 29 heavy (non-hydrogen) atoms. The predicted molar refractivity (Wildman–Crippen MR) is 120 cm³/mol. The molecule has 0 bridgehead atoms. The minimum Gasteiger partial charge on any atom is -0.493 e. The standard InChI is InChI=1S/C23H24N2O3S/c1-5-10-17-13-16(14-19(27-3)21(17)28-4)15-20-22(26)25(6-2)23(29-20)24-18-11-8-7-9-12-18/h5,7-9,11-15H,1,6,10H2,2-4H3/b20-15+,24-23?. The van der Waals surface area contributed by atoms with E-state index in [1.54, 1.807) is 19.1 Å². The predicted octanol–water partition coefficient (Wildman–Crippen LogP) is 5.06. The van der Waals surface area contributed by atoms with Gasteiger partial charge >= 0.3 is 0 Å². The molecule has 0 radical (unpaired) electrons. The quantitative estimate of drug-likeness (QED) is 0.475. The Balaban J connectivity index is 2.00. The van der Waals surface area contributed by atoms with Gasteiger partial charge in [0.1, 0.15) is 0 Å². The van der Waals surface area contributed by atoms with Crippen LogP contribution in [0.5, 0.6) is 11.5 Å². The molecular weight excluding hydrogens is 384 g/mol. The fraction of sp³-hybridized carbons (Fsp3) is 0.217. The summed E-state index contributed by atoms with van der Waals surface area (Å²) in [6.45, 7) is 6.31. The third-order valence-electron chi connectivity index (χ3n) is 4.43. The van der Waals surface area contributed by atoms with Crippen LogP contribution in [-0.2, 0) is 11.2 Å². The van der Waals surface area contributed by atoms with Crippen molar-refractivity contribution >= 4 is 34.6 Å². The second-order valence-corrected chi connectivity index (χ2v) is 7.31. The molecule has 0 saturated carbocycles. The Morgan fingerprint density at radius 1 is 1.17 bits per heavy atom. The number of amides is 1. The zero-order valence-electron chi connectivity index (χ0n) is 16.8. The van der Waals surface area contributed by atoms with Crippen molar-refractivity contribution in [2.24, 2.45) is 4.99 Å². The van der Waals surface area contributed by atoms with E-state index in [0.29, 0.717) is 34.5 Å². The number of hydrogen-bond donors (Lipinski definition) is 0. The molecule has 0 aliphatic carbocycles. The molecule has 1 aliphatic rings. The Labute approximate surface area is 175 Å². The van der Waals surface area contributed by atoms with E-state index in [0.717, 1.165) is 16.8 Å². The maximum Gasteiger partial charge on any atom is 0.266 e. The van der Waals surface area contributed by atoms with Crippen LogP contribution in [0.15, 0.2) is 65.0 Å². The Morgan fingerprint density at radius 3 is 2.55 bits per heavy atom. The lowest BCUT2D eigenvalue weighted by Crippen LogP contribution is -2.28. The number of rotatable bonds is 7. The van der Waals surface area contributed by atoms with Gasteiger partial charge < -0.3 is 9.47 Å². The topological polar surface area (TPSA) is 51.1 Å². The van der Waals surface area contributed by atoms with Crippen LogP contribution in [-0.4, -0.2) is 36.7 Å². The maximum absolute atomic E-state index is 12.9. The largest absolute Gasteiger partial charge is 0.493 e. The van der Waals surface area contributed by atoms with E-state index >= 15 is 0 Å². The van der Waals surface area contributed by atoms with Crippen molar-refractivity contribution in [2.75, 3.05) is 20.8 Å². The highest BCUT2D eigenvalue weighted by Gasteiger charge is 2.32. The van der Waals surface area contributed by atoms with Crippen LogP contribution in [0.3, 0.4) is 0 Å². The van der Waals surface area contributed by atoms with Crippen LogP contribution in [0.1, 0.15) is 18.1 Å². The van der Waals surface area contributed by atoms with Crippen molar-refractivity contribution in [3.63, 3.8) is 0 Å². The smallest absolute Gasteiger partial charge is 0.266 e. The van der Waals surface area contributed by atoms with E-state index in [1.807, 2.05) is 61.5 Å². The molecule has 0 unspecified atom stereocenters. The monoisotopic (exact) mass is 408 g/mol. The Bertz CT molecular complexity index is 968. The molecular formula is C23H24N2O3S. The Kier molecular flexibility index (Phi) is 6.77. The first-order valence-electron chi connectivity index (χ1n) is 9.32. The van der Waals surface area contributed by atoms with Gasteiger partial charge in [-0.1, -0.05) is 24.3 Å². The molecule has 2 aromatic carbocycles. The van der Waals surface area contributed by atoms with Crippen molar-refractivity contribution in [1.82, 2.24) is 4.90 Å². The average Bonchev–Trinajstić information content (AvgIpc) is 3.02. The zero-order chi connectivity index (χ0) is 20.8. The maximum atomic E-state index is 12.9. The van der Waals surface area contributed by atoms with Gasteiger partial charge in [-0.3, -0.25) is 9.69 Å². The van der Waals surface area contributed by atoms with Gasteiger partial charge in [-0.05, 0) is 61.0 Å². The molecule has 150 valence electrons. The number of aliphatic imine (C=N–C) groups is 1.